The van der Waals surface area contributed by atoms with E-state index in [2.05, 4.69) is 52.1 Å². The van der Waals surface area contributed by atoms with Crippen LogP contribution in [0, 0.1) is 5.92 Å². The molecule has 0 saturated carbocycles. The Balaban J connectivity index is 1.69. The molecule has 0 unspecified atom stereocenters. The Labute approximate surface area is 138 Å². The highest BCUT2D eigenvalue weighted by Crippen LogP contribution is 2.35. The molecule has 3 heterocycles. The van der Waals surface area contributed by atoms with Crippen LogP contribution in [0.1, 0.15) is 43.6 Å². The second-order valence-corrected chi connectivity index (χ2v) is 6.60. The number of rotatable bonds is 5. The zero-order chi connectivity index (χ0) is 16.2. The molecule has 122 valence electrons. The second kappa shape index (κ2) is 7.04. The van der Waals surface area contributed by atoms with Crippen molar-refractivity contribution < 1.29 is 0 Å². The fourth-order valence-electron chi connectivity index (χ4n) is 3.30. The van der Waals surface area contributed by atoms with Crippen LogP contribution in [0.2, 0.25) is 0 Å². The van der Waals surface area contributed by atoms with E-state index in [0.717, 1.165) is 24.7 Å². The van der Waals surface area contributed by atoms with Crippen LogP contribution < -0.4 is 5.32 Å². The fraction of sp³-hybridized carbons (Fsp3) is 0.500. The van der Waals surface area contributed by atoms with Crippen LogP contribution in [-0.4, -0.2) is 40.0 Å². The van der Waals surface area contributed by atoms with Crippen LogP contribution in [0.3, 0.4) is 0 Å². The van der Waals surface area contributed by atoms with Crippen LogP contribution in [0.15, 0.2) is 36.8 Å². The van der Waals surface area contributed by atoms with Gasteiger partial charge < -0.3 is 5.32 Å². The quantitative estimate of drug-likeness (QED) is 0.919. The molecule has 3 rings (SSSR count). The van der Waals surface area contributed by atoms with Crippen molar-refractivity contribution in [3.05, 3.63) is 48.2 Å². The molecule has 1 aliphatic rings. The molecule has 23 heavy (non-hydrogen) atoms. The van der Waals surface area contributed by atoms with Crippen molar-refractivity contribution in [1.82, 2.24) is 19.9 Å². The van der Waals surface area contributed by atoms with Crippen molar-refractivity contribution in [3.63, 3.8) is 0 Å². The lowest BCUT2D eigenvalue weighted by atomic mass is 9.95. The number of nitrogens with zero attached hydrogens (tertiary/aromatic N) is 4. The van der Waals surface area contributed by atoms with Gasteiger partial charge in [0.25, 0.3) is 0 Å². The van der Waals surface area contributed by atoms with Gasteiger partial charge in [-0.2, -0.15) is 0 Å². The topological polar surface area (TPSA) is 53.9 Å². The summed E-state index contributed by atoms with van der Waals surface area (Å²) in [5.41, 5.74) is 1.30. The maximum Gasteiger partial charge on any atom is 0.133 e. The van der Waals surface area contributed by atoms with E-state index in [9.17, 15) is 0 Å². The van der Waals surface area contributed by atoms with E-state index in [1.807, 2.05) is 30.7 Å². The fourth-order valence-corrected chi connectivity index (χ4v) is 3.30. The summed E-state index contributed by atoms with van der Waals surface area (Å²) in [5, 5.41) is 3.50. The molecule has 5 nitrogen and oxygen atoms in total. The molecule has 1 aliphatic heterocycles. The summed E-state index contributed by atoms with van der Waals surface area (Å²) < 4.78 is 0. The van der Waals surface area contributed by atoms with Gasteiger partial charge in [-0.3, -0.25) is 9.88 Å². The summed E-state index contributed by atoms with van der Waals surface area (Å²) in [6.07, 6.45) is 6.84. The van der Waals surface area contributed by atoms with E-state index < -0.39 is 0 Å². The predicted octanol–water partition coefficient (Wildman–Crippen LogP) is 3.10. The molecule has 0 amide bonds. The van der Waals surface area contributed by atoms with E-state index in [-0.39, 0.29) is 0 Å². The van der Waals surface area contributed by atoms with Crippen molar-refractivity contribution in [2.75, 3.05) is 25.5 Å². The average Bonchev–Trinajstić information content (AvgIpc) is 2.94. The van der Waals surface area contributed by atoms with E-state index in [1.165, 1.54) is 12.0 Å². The number of hydrogen-bond acceptors (Lipinski definition) is 5. The minimum Gasteiger partial charge on any atom is -0.370 e. The van der Waals surface area contributed by atoms with Gasteiger partial charge in [-0.15, -0.1) is 0 Å². The molecule has 2 aromatic rings. The lowest BCUT2D eigenvalue weighted by molar-refractivity contribution is 0.281. The van der Waals surface area contributed by atoms with Gasteiger partial charge in [0, 0.05) is 37.1 Å². The van der Waals surface area contributed by atoms with Gasteiger partial charge in [0.05, 0.1) is 0 Å². The number of anilines is 1. The molecule has 2 aromatic heterocycles. The molecule has 0 radical (unpaired) electrons. The number of nitrogens with one attached hydrogen (secondary N) is 1. The first-order valence-corrected chi connectivity index (χ1v) is 8.32. The van der Waals surface area contributed by atoms with E-state index >= 15 is 0 Å². The van der Waals surface area contributed by atoms with Crippen LogP contribution in [0.5, 0.6) is 0 Å². The molecule has 0 bridgehead atoms. The van der Waals surface area contributed by atoms with Crippen LogP contribution in [-0.2, 0) is 0 Å². The predicted molar refractivity (Wildman–Crippen MR) is 92.3 cm³/mol. The minimum absolute atomic E-state index is 0.345. The minimum atomic E-state index is 0.345. The number of pyridine rings is 1. The van der Waals surface area contributed by atoms with Gasteiger partial charge in [0.2, 0.25) is 0 Å². The zero-order valence-electron chi connectivity index (χ0n) is 14.1. The van der Waals surface area contributed by atoms with Gasteiger partial charge in [-0.1, -0.05) is 19.9 Å². The average molecular weight is 311 g/mol. The molecule has 5 heteroatoms. The van der Waals surface area contributed by atoms with Crippen molar-refractivity contribution in [2.45, 2.75) is 32.2 Å². The summed E-state index contributed by atoms with van der Waals surface area (Å²) in [5.74, 6) is 2.71. The third kappa shape index (κ3) is 3.67. The summed E-state index contributed by atoms with van der Waals surface area (Å²) in [6, 6.07) is 6.56. The third-order valence-corrected chi connectivity index (χ3v) is 4.54. The Morgan fingerprint density at radius 3 is 2.91 bits per heavy atom. The summed E-state index contributed by atoms with van der Waals surface area (Å²) >= 11 is 0. The molecule has 1 N–H and O–H groups in total. The largest absolute Gasteiger partial charge is 0.370 e. The maximum absolute atomic E-state index is 4.60. The first-order valence-electron chi connectivity index (χ1n) is 8.32. The van der Waals surface area contributed by atoms with E-state index in [0.29, 0.717) is 17.9 Å². The molecular weight excluding hydrogens is 286 g/mol. The standard InChI is InChI=1S/C18H25N5/c1-13(2)18-20-9-6-16(22-18)21-12-15-7-10-23(3)17(15)14-5-4-8-19-11-14/h4-6,8-9,11,13,15,17H,7,10,12H2,1-3H3,(H,20,21,22)/t15-,17-/m0/s1. The Bertz CT molecular complexity index is 628. The van der Waals surface area contributed by atoms with Crippen molar-refractivity contribution in [3.8, 4) is 0 Å². The monoisotopic (exact) mass is 311 g/mol. The summed E-state index contributed by atoms with van der Waals surface area (Å²) in [7, 11) is 2.19. The van der Waals surface area contributed by atoms with Gasteiger partial charge in [0.15, 0.2) is 0 Å². The molecule has 2 atom stereocenters. The molecule has 1 fully saturated rings. The normalized spacial score (nSPS) is 21.7. The van der Waals surface area contributed by atoms with Gasteiger partial charge in [0.1, 0.15) is 11.6 Å². The molecule has 0 aromatic carbocycles. The van der Waals surface area contributed by atoms with Gasteiger partial charge in [-0.25, -0.2) is 9.97 Å². The van der Waals surface area contributed by atoms with E-state index in [1.54, 1.807) is 0 Å². The van der Waals surface area contributed by atoms with Crippen molar-refractivity contribution >= 4 is 5.82 Å². The molecule has 0 spiro atoms. The van der Waals surface area contributed by atoms with Crippen LogP contribution in [0.4, 0.5) is 5.82 Å². The smallest absolute Gasteiger partial charge is 0.133 e. The number of hydrogen-bond donors (Lipinski definition) is 1. The summed E-state index contributed by atoms with van der Waals surface area (Å²) in [4.78, 5) is 15.6. The third-order valence-electron chi connectivity index (χ3n) is 4.54. The summed E-state index contributed by atoms with van der Waals surface area (Å²) in [6.45, 7) is 6.26. The highest BCUT2D eigenvalue weighted by molar-refractivity contribution is 5.33. The lowest BCUT2D eigenvalue weighted by Gasteiger charge is -2.25. The Morgan fingerprint density at radius 2 is 2.17 bits per heavy atom. The number of likely N-dealkylation sites (tertiary alicyclic amines) is 1. The van der Waals surface area contributed by atoms with Gasteiger partial charge in [-0.05, 0) is 43.6 Å². The molecule has 1 saturated heterocycles. The highest BCUT2D eigenvalue weighted by Gasteiger charge is 2.32. The first-order chi connectivity index (χ1) is 11.1. The highest BCUT2D eigenvalue weighted by atomic mass is 15.2. The zero-order valence-corrected chi connectivity index (χ0v) is 14.1. The Kier molecular flexibility index (Phi) is 4.86. The Hall–Kier alpha value is -2.01. The van der Waals surface area contributed by atoms with E-state index in [4.69, 9.17) is 0 Å². The maximum atomic E-state index is 4.60. The van der Waals surface area contributed by atoms with Crippen molar-refractivity contribution in [2.24, 2.45) is 5.92 Å². The van der Waals surface area contributed by atoms with Crippen LogP contribution in [0.25, 0.3) is 0 Å². The Morgan fingerprint density at radius 1 is 1.30 bits per heavy atom. The first kappa shape index (κ1) is 15.9. The second-order valence-electron chi connectivity index (χ2n) is 6.60. The van der Waals surface area contributed by atoms with Crippen LogP contribution >= 0.6 is 0 Å². The van der Waals surface area contributed by atoms with Crippen molar-refractivity contribution in [1.29, 1.82) is 0 Å². The van der Waals surface area contributed by atoms with Gasteiger partial charge >= 0.3 is 0 Å². The molecular formula is C18H25N5. The number of aromatic nitrogens is 3. The molecule has 0 aliphatic carbocycles. The lowest BCUT2D eigenvalue weighted by Crippen LogP contribution is -2.25. The SMILES string of the molecule is CC(C)c1nccc(NC[C@@H]2CCN(C)[C@H]2c2cccnc2)n1.